The van der Waals surface area contributed by atoms with Crippen LogP contribution in [0.25, 0.3) is 10.9 Å². The van der Waals surface area contributed by atoms with E-state index in [0.29, 0.717) is 5.92 Å². The molecule has 0 radical (unpaired) electrons. The van der Waals surface area contributed by atoms with E-state index in [9.17, 15) is 0 Å². The third-order valence-electron chi connectivity index (χ3n) is 3.72. The van der Waals surface area contributed by atoms with Gasteiger partial charge in [0.05, 0.1) is 5.52 Å². The Hall–Kier alpha value is -1.09. The first-order chi connectivity index (χ1) is 9.22. The van der Waals surface area contributed by atoms with Crippen molar-refractivity contribution < 1.29 is 0 Å². The number of nitrogens with zero attached hydrogens (tertiary/aromatic N) is 1. The van der Waals surface area contributed by atoms with E-state index in [0.717, 1.165) is 17.4 Å². The molecule has 0 atom stereocenters. The van der Waals surface area contributed by atoms with Crippen molar-refractivity contribution in [3.8, 4) is 0 Å². The standard InChI is InChI=1S/C16H19BrN2/c1-3-10-7-12(17)8-13-15(18-4-2)9-14(11-5-6-11)19-16(10)13/h7-9,11H,3-6H2,1-2H3,(H,18,19). The number of aryl methyl sites for hydroxylation is 1. The lowest BCUT2D eigenvalue weighted by Gasteiger charge is -2.13. The van der Waals surface area contributed by atoms with Gasteiger partial charge in [-0.25, -0.2) is 0 Å². The largest absolute Gasteiger partial charge is 0.385 e. The highest BCUT2D eigenvalue weighted by molar-refractivity contribution is 9.10. The molecule has 3 rings (SSSR count). The van der Waals surface area contributed by atoms with Crippen LogP contribution in [0.2, 0.25) is 0 Å². The van der Waals surface area contributed by atoms with Crippen molar-refractivity contribution in [1.29, 1.82) is 0 Å². The Kier molecular flexibility index (Phi) is 3.48. The van der Waals surface area contributed by atoms with Gasteiger partial charge in [-0.2, -0.15) is 0 Å². The SMILES string of the molecule is CCNc1cc(C2CC2)nc2c(CC)cc(Br)cc12. The fourth-order valence-electron chi connectivity index (χ4n) is 2.57. The molecular formula is C16H19BrN2. The highest BCUT2D eigenvalue weighted by Gasteiger charge is 2.26. The molecule has 1 aliphatic rings. The summed E-state index contributed by atoms with van der Waals surface area (Å²) in [4.78, 5) is 4.93. The molecular weight excluding hydrogens is 300 g/mol. The second-order valence-electron chi connectivity index (χ2n) is 5.21. The molecule has 0 saturated heterocycles. The first kappa shape index (κ1) is 12.9. The van der Waals surface area contributed by atoms with E-state index in [1.165, 1.54) is 40.7 Å². The van der Waals surface area contributed by atoms with Crippen LogP contribution in [0, 0.1) is 0 Å². The molecule has 1 N–H and O–H groups in total. The molecule has 0 spiro atoms. The van der Waals surface area contributed by atoms with Crippen molar-refractivity contribution >= 4 is 32.5 Å². The van der Waals surface area contributed by atoms with E-state index in [4.69, 9.17) is 4.98 Å². The van der Waals surface area contributed by atoms with Gasteiger partial charge < -0.3 is 5.32 Å². The second-order valence-corrected chi connectivity index (χ2v) is 6.13. The summed E-state index contributed by atoms with van der Waals surface area (Å²) in [5, 5.41) is 4.73. The van der Waals surface area contributed by atoms with Gasteiger partial charge in [0.1, 0.15) is 0 Å². The highest BCUT2D eigenvalue weighted by atomic mass is 79.9. The average Bonchev–Trinajstić information content (AvgIpc) is 3.23. The maximum Gasteiger partial charge on any atom is 0.0758 e. The molecule has 0 unspecified atom stereocenters. The van der Waals surface area contributed by atoms with Crippen LogP contribution in [0.5, 0.6) is 0 Å². The van der Waals surface area contributed by atoms with Crippen molar-refractivity contribution in [2.75, 3.05) is 11.9 Å². The molecule has 1 heterocycles. The van der Waals surface area contributed by atoms with Gasteiger partial charge in [0.2, 0.25) is 0 Å². The van der Waals surface area contributed by atoms with Gasteiger partial charge >= 0.3 is 0 Å². The predicted molar refractivity (Wildman–Crippen MR) is 85.0 cm³/mol. The molecule has 1 saturated carbocycles. The number of benzene rings is 1. The first-order valence-electron chi connectivity index (χ1n) is 7.09. The number of rotatable bonds is 4. The first-order valence-corrected chi connectivity index (χ1v) is 7.89. The van der Waals surface area contributed by atoms with Crippen LogP contribution < -0.4 is 5.32 Å². The molecule has 1 aromatic carbocycles. The number of fused-ring (bicyclic) bond motifs is 1. The zero-order chi connectivity index (χ0) is 13.4. The lowest BCUT2D eigenvalue weighted by Crippen LogP contribution is -2.01. The zero-order valence-corrected chi connectivity index (χ0v) is 13.0. The lowest BCUT2D eigenvalue weighted by molar-refractivity contribution is 1.03. The minimum atomic E-state index is 0.690. The zero-order valence-electron chi connectivity index (χ0n) is 11.5. The Morgan fingerprint density at radius 1 is 1.26 bits per heavy atom. The van der Waals surface area contributed by atoms with Crippen LogP contribution in [0.4, 0.5) is 5.69 Å². The number of hydrogen-bond acceptors (Lipinski definition) is 2. The molecule has 2 nitrogen and oxygen atoms in total. The van der Waals surface area contributed by atoms with E-state index in [2.05, 4.69) is 53.3 Å². The summed E-state index contributed by atoms with van der Waals surface area (Å²) < 4.78 is 1.14. The Labute approximate surface area is 122 Å². The van der Waals surface area contributed by atoms with E-state index < -0.39 is 0 Å². The molecule has 3 heteroatoms. The van der Waals surface area contributed by atoms with Crippen molar-refractivity contribution in [3.05, 3.63) is 33.9 Å². The fourth-order valence-corrected chi connectivity index (χ4v) is 3.08. The van der Waals surface area contributed by atoms with E-state index in [-0.39, 0.29) is 0 Å². The quantitative estimate of drug-likeness (QED) is 0.870. The normalized spacial score (nSPS) is 14.9. The topological polar surface area (TPSA) is 24.9 Å². The van der Waals surface area contributed by atoms with E-state index >= 15 is 0 Å². The van der Waals surface area contributed by atoms with Crippen molar-refractivity contribution in [2.45, 2.75) is 39.0 Å². The summed E-state index contributed by atoms with van der Waals surface area (Å²) in [5.74, 6) is 0.690. The van der Waals surface area contributed by atoms with Crippen LogP contribution in [-0.2, 0) is 6.42 Å². The van der Waals surface area contributed by atoms with Gasteiger partial charge in [-0.05, 0) is 49.9 Å². The summed E-state index contributed by atoms with van der Waals surface area (Å²) in [5.41, 5.74) is 4.99. The maximum atomic E-state index is 4.93. The van der Waals surface area contributed by atoms with Crippen molar-refractivity contribution in [2.24, 2.45) is 0 Å². The number of aromatic nitrogens is 1. The third-order valence-corrected chi connectivity index (χ3v) is 4.18. The smallest absolute Gasteiger partial charge is 0.0758 e. The summed E-state index contributed by atoms with van der Waals surface area (Å²) >= 11 is 3.61. The number of halogens is 1. The number of pyridine rings is 1. The molecule has 0 aliphatic heterocycles. The molecule has 2 aromatic rings. The predicted octanol–water partition coefficient (Wildman–Crippen LogP) is 4.87. The van der Waals surface area contributed by atoms with Crippen molar-refractivity contribution in [3.63, 3.8) is 0 Å². The number of nitrogens with one attached hydrogen (secondary N) is 1. The molecule has 1 aromatic heterocycles. The number of hydrogen-bond donors (Lipinski definition) is 1. The molecule has 1 aliphatic carbocycles. The van der Waals surface area contributed by atoms with Crippen LogP contribution in [0.1, 0.15) is 43.9 Å². The monoisotopic (exact) mass is 318 g/mol. The average molecular weight is 319 g/mol. The van der Waals surface area contributed by atoms with Gasteiger partial charge in [0, 0.05) is 33.7 Å². The Morgan fingerprint density at radius 2 is 2.05 bits per heavy atom. The van der Waals surface area contributed by atoms with Crippen LogP contribution in [0.15, 0.2) is 22.7 Å². The summed E-state index contributed by atoms with van der Waals surface area (Å²) in [7, 11) is 0. The Balaban J connectivity index is 2.26. The second kappa shape index (κ2) is 5.12. The summed E-state index contributed by atoms with van der Waals surface area (Å²) in [6.07, 6.45) is 3.60. The lowest BCUT2D eigenvalue weighted by atomic mass is 10.0. The summed E-state index contributed by atoms with van der Waals surface area (Å²) in [6, 6.07) is 6.62. The van der Waals surface area contributed by atoms with Crippen LogP contribution >= 0.6 is 15.9 Å². The molecule has 0 bridgehead atoms. The molecule has 1 fully saturated rings. The van der Waals surface area contributed by atoms with Gasteiger partial charge in [-0.1, -0.05) is 22.9 Å². The minimum Gasteiger partial charge on any atom is -0.385 e. The van der Waals surface area contributed by atoms with E-state index in [1.54, 1.807) is 0 Å². The molecule has 19 heavy (non-hydrogen) atoms. The highest BCUT2D eigenvalue weighted by Crippen LogP contribution is 2.41. The van der Waals surface area contributed by atoms with Crippen molar-refractivity contribution in [1.82, 2.24) is 4.98 Å². The van der Waals surface area contributed by atoms with Gasteiger partial charge in [0.25, 0.3) is 0 Å². The van der Waals surface area contributed by atoms with E-state index in [1.807, 2.05) is 0 Å². The molecule has 0 amide bonds. The number of anilines is 1. The van der Waals surface area contributed by atoms with Gasteiger partial charge in [0.15, 0.2) is 0 Å². The van der Waals surface area contributed by atoms with Gasteiger partial charge in [-0.15, -0.1) is 0 Å². The third kappa shape index (κ3) is 2.48. The fraction of sp³-hybridized carbons (Fsp3) is 0.438. The summed E-state index contributed by atoms with van der Waals surface area (Å²) in [6.45, 7) is 5.28. The Bertz CT molecular complexity index is 618. The Morgan fingerprint density at radius 3 is 2.68 bits per heavy atom. The van der Waals surface area contributed by atoms with Crippen LogP contribution in [0.3, 0.4) is 0 Å². The van der Waals surface area contributed by atoms with Crippen LogP contribution in [-0.4, -0.2) is 11.5 Å². The minimum absolute atomic E-state index is 0.690. The molecule has 100 valence electrons. The maximum absolute atomic E-state index is 4.93. The van der Waals surface area contributed by atoms with Gasteiger partial charge in [-0.3, -0.25) is 4.98 Å².